The summed E-state index contributed by atoms with van der Waals surface area (Å²) in [7, 11) is 1.75. The van der Waals surface area contributed by atoms with Gasteiger partial charge in [0.1, 0.15) is 11.6 Å². The van der Waals surface area contributed by atoms with Crippen LogP contribution in [0.2, 0.25) is 0 Å². The maximum atomic E-state index is 13.7. The summed E-state index contributed by atoms with van der Waals surface area (Å²) in [5, 5.41) is 9.01. The highest BCUT2D eigenvalue weighted by Gasteiger charge is 2.31. The minimum Gasteiger partial charge on any atom is -0.352 e. The summed E-state index contributed by atoms with van der Waals surface area (Å²) in [5.74, 6) is -0.636. The van der Waals surface area contributed by atoms with E-state index in [0.717, 1.165) is 17.8 Å². The van der Waals surface area contributed by atoms with Gasteiger partial charge in [-0.2, -0.15) is 13.2 Å². The molecule has 5 nitrogen and oxygen atoms in total. The molecule has 30 heavy (non-hydrogen) atoms. The summed E-state index contributed by atoms with van der Waals surface area (Å²) in [5.41, 5.74) is 1.16. The van der Waals surface area contributed by atoms with Crippen LogP contribution in [0.4, 0.5) is 23.4 Å². The molecule has 0 radical (unpaired) electrons. The van der Waals surface area contributed by atoms with Crippen molar-refractivity contribution in [1.29, 1.82) is 0 Å². The Morgan fingerprint density at radius 1 is 1.20 bits per heavy atom. The predicted molar refractivity (Wildman–Crippen MR) is 105 cm³/mol. The number of hydrogen-bond donors (Lipinski definition) is 3. The van der Waals surface area contributed by atoms with Gasteiger partial charge in [0.2, 0.25) is 0 Å². The van der Waals surface area contributed by atoms with Crippen LogP contribution in [0.3, 0.4) is 0 Å². The maximum Gasteiger partial charge on any atom is 0.416 e. The number of alkyl halides is 3. The van der Waals surface area contributed by atoms with Gasteiger partial charge >= 0.3 is 6.18 Å². The lowest BCUT2D eigenvalue weighted by molar-refractivity contribution is -0.137. The Bertz CT molecular complexity index is 972. The molecule has 1 unspecified atom stereocenters. The summed E-state index contributed by atoms with van der Waals surface area (Å²) >= 11 is 0. The van der Waals surface area contributed by atoms with Gasteiger partial charge in [-0.3, -0.25) is 4.79 Å². The topological polar surface area (TPSA) is 66.1 Å². The number of halogens is 4. The highest BCUT2D eigenvalue weighted by atomic mass is 19.4. The van der Waals surface area contributed by atoms with Crippen molar-refractivity contribution >= 4 is 11.7 Å². The van der Waals surface area contributed by atoms with Gasteiger partial charge in [-0.15, -0.1) is 0 Å². The summed E-state index contributed by atoms with van der Waals surface area (Å²) in [6.07, 6.45) is -2.39. The lowest BCUT2D eigenvalue weighted by Crippen LogP contribution is -2.41. The molecule has 1 aromatic heterocycles. The first-order chi connectivity index (χ1) is 14.2. The molecule has 1 aliphatic heterocycles. The SMILES string of the molecule is CNC(C)C1=C(Nc2cc(Cc3cc(F)cc(C(F)(F)F)c3)ccn2)CCNC1=O. The monoisotopic (exact) mass is 422 g/mol. The minimum absolute atomic E-state index is 0.108. The fraction of sp³-hybridized carbons (Fsp3) is 0.333. The van der Waals surface area contributed by atoms with Gasteiger partial charge in [-0.05, 0) is 61.9 Å². The van der Waals surface area contributed by atoms with E-state index >= 15 is 0 Å². The average molecular weight is 422 g/mol. The molecule has 0 fully saturated rings. The van der Waals surface area contributed by atoms with Crippen molar-refractivity contribution in [3.8, 4) is 0 Å². The van der Waals surface area contributed by atoms with E-state index in [1.54, 1.807) is 19.2 Å². The normalized spacial score (nSPS) is 15.7. The summed E-state index contributed by atoms with van der Waals surface area (Å²) in [6, 6.07) is 5.67. The van der Waals surface area contributed by atoms with Crippen molar-refractivity contribution in [2.75, 3.05) is 18.9 Å². The molecule has 1 aliphatic rings. The largest absolute Gasteiger partial charge is 0.416 e. The van der Waals surface area contributed by atoms with Crippen molar-refractivity contribution in [3.05, 3.63) is 70.3 Å². The summed E-state index contributed by atoms with van der Waals surface area (Å²) in [6.45, 7) is 2.36. The van der Waals surface area contributed by atoms with Crippen LogP contribution in [0, 0.1) is 5.82 Å². The molecule has 1 aromatic carbocycles. The predicted octanol–water partition coefficient (Wildman–Crippen LogP) is 3.62. The summed E-state index contributed by atoms with van der Waals surface area (Å²) < 4.78 is 52.5. The van der Waals surface area contributed by atoms with Gasteiger partial charge in [-0.25, -0.2) is 9.37 Å². The van der Waals surface area contributed by atoms with Crippen molar-refractivity contribution in [1.82, 2.24) is 15.6 Å². The van der Waals surface area contributed by atoms with Crippen LogP contribution in [0.5, 0.6) is 0 Å². The molecule has 0 saturated carbocycles. The first-order valence-corrected chi connectivity index (χ1v) is 9.44. The van der Waals surface area contributed by atoms with E-state index in [1.807, 2.05) is 6.92 Å². The van der Waals surface area contributed by atoms with Gasteiger partial charge in [0, 0.05) is 30.9 Å². The second kappa shape index (κ2) is 8.83. The van der Waals surface area contributed by atoms with E-state index in [-0.39, 0.29) is 23.9 Å². The van der Waals surface area contributed by atoms with Gasteiger partial charge in [0.25, 0.3) is 5.91 Å². The number of nitrogens with one attached hydrogen (secondary N) is 3. The lowest BCUT2D eigenvalue weighted by atomic mass is 10.00. The molecule has 0 bridgehead atoms. The number of rotatable bonds is 6. The number of carbonyl (C=O) groups excluding carboxylic acids is 1. The molecule has 1 atom stereocenters. The Kier molecular flexibility index (Phi) is 6.40. The van der Waals surface area contributed by atoms with Crippen molar-refractivity contribution in [3.63, 3.8) is 0 Å². The van der Waals surface area contributed by atoms with Crippen LogP contribution in [-0.4, -0.2) is 30.5 Å². The number of anilines is 1. The number of pyridine rings is 1. The molecule has 9 heteroatoms. The lowest BCUT2D eigenvalue weighted by Gasteiger charge is -2.25. The Morgan fingerprint density at radius 2 is 1.97 bits per heavy atom. The minimum atomic E-state index is -4.61. The first-order valence-electron chi connectivity index (χ1n) is 9.44. The Balaban J connectivity index is 1.85. The Morgan fingerprint density at radius 3 is 2.67 bits per heavy atom. The molecule has 160 valence electrons. The number of carbonyl (C=O) groups is 1. The number of amides is 1. The van der Waals surface area contributed by atoms with E-state index in [4.69, 9.17) is 0 Å². The first kappa shape index (κ1) is 21.8. The highest BCUT2D eigenvalue weighted by molar-refractivity contribution is 5.96. The van der Waals surface area contributed by atoms with Crippen LogP contribution in [-0.2, 0) is 17.4 Å². The molecular formula is C21H22F4N4O. The Hall–Kier alpha value is -2.94. The number of hydrogen-bond acceptors (Lipinski definition) is 4. The number of nitrogens with zero attached hydrogens (tertiary/aromatic N) is 1. The van der Waals surface area contributed by atoms with Gasteiger partial charge in [0.15, 0.2) is 0 Å². The maximum absolute atomic E-state index is 13.7. The van der Waals surface area contributed by atoms with Crippen LogP contribution in [0.1, 0.15) is 30.0 Å². The van der Waals surface area contributed by atoms with E-state index in [2.05, 4.69) is 20.9 Å². The number of likely N-dealkylation sites (N-methyl/N-ethyl adjacent to an activating group) is 1. The van der Waals surface area contributed by atoms with Gasteiger partial charge in [0.05, 0.1) is 11.1 Å². The smallest absolute Gasteiger partial charge is 0.352 e. The van der Waals surface area contributed by atoms with Crippen LogP contribution in [0.15, 0.2) is 47.8 Å². The molecular weight excluding hydrogens is 400 g/mol. The van der Waals surface area contributed by atoms with Gasteiger partial charge in [-0.1, -0.05) is 0 Å². The standard InChI is InChI=1S/C21H22F4N4O/c1-12(26-2)19-17(4-6-28-20(19)30)29-18-10-13(3-5-27-18)7-14-8-15(21(23,24)25)11-16(22)9-14/h3,5,8-12,26H,4,6-7H2,1-2H3,(H,27,29)(H,28,30). The van der Waals surface area contributed by atoms with Crippen molar-refractivity contribution in [2.45, 2.75) is 32.0 Å². The van der Waals surface area contributed by atoms with Crippen LogP contribution in [0.25, 0.3) is 0 Å². The zero-order valence-electron chi connectivity index (χ0n) is 16.5. The summed E-state index contributed by atoms with van der Waals surface area (Å²) in [4.78, 5) is 16.5. The molecule has 0 saturated heterocycles. The fourth-order valence-electron chi connectivity index (χ4n) is 3.36. The second-order valence-electron chi connectivity index (χ2n) is 7.11. The van der Waals surface area contributed by atoms with Crippen LogP contribution < -0.4 is 16.0 Å². The van der Waals surface area contributed by atoms with Crippen LogP contribution >= 0.6 is 0 Å². The number of aromatic nitrogens is 1. The second-order valence-corrected chi connectivity index (χ2v) is 7.11. The van der Waals surface area contributed by atoms with E-state index in [9.17, 15) is 22.4 Å². The Labute approximate surface area is 171 Å². The number of benzene rings is 1. The fourth-order valence-corrected chi connectivity index (χ4v) is 3.36. The van der Waals surface area contributed by atoms with E-state index in [0.29, 0.717) is 36.0 Å². The quantitative estimate of drug-likeness (QED) is 0.622. The molecule has 1 amide bonds. The third-order valence-corrected chi connectivity index (χ3v) is 4.89. The van der Waals surface area contributed by atoms with Gasteiger partial charge < -0.3 is 16.0 Å². The van der Waals surface area contributed by atoms with Crippen molar-refractivity contribution < 1.29 is 22.4 Å². The molecule has 3 N–H and O–H groups in total. The molecule has 2 aromatic rings. The highest BCUT2D eigenvalue weighted by Crippen LogP contribution is 2.31. The van der Waals surface area contributed by atoms with E-state index in [1.165, 1.54) is 6.20 Å². The van der Waals surface area contributed by atoms with E-state index < -0.39 is 17.6 Å². The molecule has 2 heterocycles. The molecule has 0 aliphatic carbocycles. The van der Waals surface area contributed by atoms with Crippen molar-refractivity contribution in [2.24, 2.45) is 0 Å². The zero-order valence-corrected chi connectivity index (χ0v) is 16.5. The molecule has 0 spiro atoms. The average Bonchev–Trinajstić information content (AvgIpc) is 2.67. The third-order valence-electron chi connectivity index (χ3n) is 4.89. The molecule has 3 rings (SSSR count). The third kappa shape index (κ3) is 5.15. The zero-order chi connectivity index (χ0) is 21.9.